The Kier molecular flexibility index (Phi) is 11.4. The number of nitro groups is 1. The van der Waals surface area contributed by atoms with E-state index in [1.54, 1.807) is 12.1 Å². The fraction of sp³-hybridized carbons (Fsp3) is 0.667. The van der Waals surface area contributed by atoms with Gasteiger partial charge in [0.2, 0.25) is 0 Å². The molecular formula is C18H30NO7P. The molecule has 2 N–H and O–H groups in total. The third-order valence-electron chi connectivity index (χ3n) is 4.18. The van der Waals surface area contributed by atoms with E-state index in [1.165, 1.54) is 37.8 Å². The summed E-state index contributed by atoms with van der Waals surface area (Å²) in [6, 6.07) is 5.99. The van der Waals surface area contributed by atoms with Crippen molar-refractivity contribution in [1.82, 2.24) is 0 Å². The maximum Gasteiger partial charge on any atom is 0.469 e. The summed E-state index contributed by atoms with van der Waals surface area (Å²) in [5.41, 5.74) is 0.703. The molecular weight excluding hydrogens is 373 g/mol. The highest BCUT2D eigenvalue weighted by molar-refractivity contribution is 7.46. The van der Waals surface area contributed by atoms with Crippen molar-refractivity contribution in [3.8, 4) is 0 Å². The van der Waals surface area contributed by atoms with Crippen LogP contribution in [0.25, 0.3) is 0 Å². The number of nitrogens with zero attached hydrogens (tertiary/aromatic N) is 1. The maximum absolute atomic E-state index is 10.8. The van der Waals surface area contributed by atoms with Gasteiger partial charge in [-0.05, 0) is 24.1 Å². The van der Waals surface area contributed by atoms with Crippen LogP contribution in [0.5, 0.6) is 0 Å². The van der Waals surface area contributed by atoms with Gasteiger partial charge < -0.3 is 14.5 Å². The summed E-state index contributed by atoms with van der Waals surface area (Å²) in [5, 5.41) is 10.8. The Morgan fingerprint density at radius 3 is 2.19 bits per heavy atom. The number of phosphoric acid groups is 1. The van der Waals surface area contributed by atoms with E-state index < -0.39 is 18.8 Å². The molecule has 0 heterocycles. The summed E-state index contributed by atoms with van der Waals surface area (Å²) in [5.74, 6) is 0. The number of unbranched alkanes of at least 4 members (excludes halogenated alkanes) is 6. The van der Waals surface area contributed by atoms with Crippen LogP contribution in [0.3, 0.4) is 0 Å². The van der Waals surface area contributed by atoms with Gasteiger partial charge in [0.25, 0.3) is 5.69 Å². The van der Waals surface area contributed by atoms with Crippen molar-refractivity contribution in [2.75, 3.05) is 13.2 Å². The van der Waals surface area contributed by atoms with E-state index in [9.17, 15) is 14.7 Å². The molecule has 0 aromatic heterocycles. The van der Waals surface area contributed by atoms with Gasteiger partial charge in [-0.3, -0.25) is 14.6 Å². The number of nitro benzene ring substituents is 1. The Balaban J connectivity index is 2.50. The third kappa shape index (κ3) is 11.2. The molecule has 0 saturated heterocycles. The molecule has 1 aromatic rings. The number of hydrogen-bond acceptors (Lipinski definition) is 5. The van der Waals surface area contributed by atoms with Gasteiger partial charge in [-0.15, -0.1) is 0 Å². The predicted octanol–water partition coefficient (Wildman–Crippen LogP) is 4.90. The van der Waals surface area contributed by atoms with Gasteiger partial charge in [0.1, 0.15) is 0 Å². The van der Waals surface area contributed by atoms with Crippen LogP contribution in [0, 0.1) is 10.1 Å². The highest BCUT2D eigenvalue weighted by Crippen LogP contribution is 2.37. The van der Waals surface area contributed by atoms with Crippen molar-refractivity contribution in [1.29, 1.82) is 0 Å². The van der Waals surface area contributed by atoms with Gasteiger partial charge in [0.05, 0.1) is 17.6 Å². The van der Waals surface area contributed by atoms with Crippen molar-refractivity contribution in [3.05, 3.63) is 39.9 Å². The zero-order valence-electron chi connectivity index (χ0n) is 15.8. The van der Waals surface area contributed by atoms with E-state index >= 15 is 0 Å². The zero-order chi connectivity index (χ0) is 20.1. The van der Waals surface area contributed by atoms with Gasteiger partial charge in [0.15, 0.2) is 0 Å². The summed E-state index contributed by atoms with van der Waals surface area (Å²) >= 11 is 0. The van der Waals surface area contributed by atoms with E-state index in [4.69, 9.17) is 14.5 Å². The molecule has 9 heteroatoms. The van der Waals surface area contributed by atoms with Crippen LogP contribution in [-0.2, 0) is 13.8 Å². The highest BCUT2D eigenvalue weighted by Gasteiger charge is 2.18. The first-order chi connectivity index (χ1) is 12.8. The number of benzene rings is 1. The third-order valence-corrected chi connectivity index (χ3v) is 4.70. The van der Waals surface area contributed by atoms with Gasteiger partial charge in [0, 0.05) is 25.2 Å². The zero-order valence-corrected chi connectivity index (χ0v) is 16.7. The molecule has 0 saturated carbocycles. The summed E-state index contributed by atoms with van der Waals surface area (Å²) in [7, 11) is -4.53. The molecule has 0 aliphatic carbocycles. The Labute approximate surface area is 160 Å². The van der Waals surface area contributed by atoms with Crippen LogP contribution in [0.15, 0.2) is 24.3 Å². The minimum atomic E-state index is -4.53. The van der Waals surface area contributed by atoms with E-state index in [0.717, 1.165) is 24.8 Å². The predicted molar refractivity (Wildman–Crippen MR) is 102 cm³/mol. The maximum atomic E-state index is 10.8. The quantitative estimate of drug-likeness (QED) is 0.185. The lowest BCUT2D eigenvalue weighted by molar-refractivity contribution is -0.384. The van der Waals surface area contributed by atoms with Crippen LogP contribution < -0.4 is 0 Å². The molecule has 27 heavy (non-hydrogen) atoms. The first-order valence-corrected chi connectivity index (χ1v) is 10.9. The van der Waals surface area contributed by atoms with Gasteiger partial charge in [-0.2, -0.15) is 0 Å². The Bertz CT molecular complexity index is 588. The summed E-state index contributed by atoms with van der Waals surface area (Å²) in [6.07, 6.45) is 7.89. The van der Waals surface area contributed by atoms with Crippen LogP contribution in [0.1, 0.15) is 70.0 Å². The molecule has 0 fully saturated rings. The monoisotopic (exact) mass is 403 g/mol. The molecule has 1 atom stereocenters. The summed E-state index contributed by atoms with van der Waals surface area (Å²) in [6.45, 7) is 2.54. The molecule has 0 radical (unpaired) electrons. The lowest BCUT2D eigenvalue weighted by Gasteiger charge is -2.18. The molecule has 154 valence electrons. The van der Waals surface area contributed by atoms with Gasteiger partial charge >= 0.3 is 7.82 Å². The van der Waals surface area contributed by atoms with Crippen LogP contribution in [0.4, 0.5) is 5.69 Å². The molecule has 1 rings (SSSR count). The topological polar surface area (TPSA) is 119 Å². The SMILES string of the molecule is CCCCCCCCCOC(CCOP(=O)(O)O)c1ccc([N+](=O)[O-])cc1. The van der Waals surface area contributed by atoms with E-state index in [1.807, 2.05) is 0 Å². The number of phosphoric ester groups is 1. The molecule has 0 bridgehead atoms. The van der Waals surface area contributed by atoms with Crippen molar-refractivity contribution >= 4 is 13.5 Å². The number of hydrogen-bond donors (Lipinski definition) is 2. The normalized spacial score (nSPS) is 12.9. The Hall–Kier alpha value is -1.31. The number of non-ortho nitro benzene ring substituents is 1. The molecule has 0 spiro atoms. The molecule has 8 nitrogen and oxygen atoms in total. The summed E-state index contributed by atoms with van der Waals surface area (Å²) in [4.78, 5) is 27.9. The lowest BCUT2D eigenvalue weighted by Crippen LogP contribution is -2.09. The fourth-order valence-corrected chi connectivity index (χ4v) is 3.06. The van der Waals surface area contributed by atoms with Crippen LogP contribution >= 0.6 is 7.82 Å². The van der Waals surface area contributed by atoms with Gasteiger partial charge in [-0.25, -0.2) is 4.57 Å². The van der Waals surface area contributed by atoms with E-state index in [2.05, 4.69) is 11.4 Å². The molecule has 1 unspecified atom stereocenters. The lowest BCUT2D eigenvalue weighted by atomic mass is 10.1. The average molecular weight is 403 g/mol. The molecule has 0 aliphatic heterocycles. The van der Waals surface area contributed by atoms with Gasteiger partial charge in [-0.1, -0.05) is 45.4 Å². The Morgan fingerprint density at radius 1 is 1.04 bits per heavy atom. The van der Waals surface area contributed by atoms with Crippen molar-refractivity contribution in [3.63, 3.8) is 0 Å². The van der Waals surface area contributed by atoms with E-state index in [0.29, 0.717) is 6.61 Å². The first kappa shape index (κ1) is 23.7. The number of ether oxygens (including phenoxy) is 1. The molecule has 0 aliphatic rings. The fourth-order valence-electron chi connectivity index (χ4n) is 2.72. The standard InChI is InChI=1S/C18H30NO7P/c1-2-3-4-5-6-7-8-14-25-18(13-15-26-27(22,23)24)16-9-11-17(12-10-16)19(20)21/h9-12,18H,2-8,13-15H2,1H3,(H2,22,23,24). The second-order valence-corrected chi connectivity index (χ2v) is 7.68. The van der Waals surface area contributed by atoms with Crippen molar-refractivity contribution in [2.24, 2.45) is 0 Å². The second kappa shape index (κ2) is 13.0. The second-order valence-electron chi connectivity index (χ2n) is 6.44. The molecule has 1 aromatic carbocycles. The molecule has 0 amide bonds. The highest BCUT2D eigenvalue weighted by atomic mass is 31.2. The Morgan fingerprint density at radius 2 is 1.63 bits per heavy atom. The number of rotatable bonds is 15. The summed E-state index contributed by atoms with van der Waals surface area (Å²) < 4.78 is 21.2. The van der Waals surface area contributed by atoms with Crippen molar-refractivity contribution in [2.45, 2.75) is 64.4 Å². The van der Waals surface area contributed by atoms with Crippen LogP contribution in [0.2, 0.25) is 0 Å². The van der Waals surface area contributed by atoms with Crippen molar-refractivity contribution < 1.29 is 28.5 Å². The smallest absolute Gasteiger partial charge is 0.373 e. The average Bonchev–Trinajstić information content (AvgIpc) is 2.61. The minimum absolute atomic E-state index is 0.0175. The largest absolute Gasteiger partial charge is 0.469 e. The minimum Gasteiger partial charge on any atom is -0.373 e. The first-order valence-electron chi connectivity index (χ1n) is 9.39. The van der Waals surface area contributed by atoms with Crippen LogP contribution in [-0.4, -0.2) is 27.9 Å². The van der Waals surface area contributed by atoms with E-state index in [-0.39, 0.29) is 18.7 Å².